The summed E-state index contributed by atoms with van der Waals surface area (Å²) in [5.41, 5.74) is 1.11. The van der Waals surface area contributed by atoms with Crippen LogP contribution in [-0.2, 0) is 11.3 Å². The molecule has 2 aromatic carbocycles. The third-order valence-corrected chi connectivity index (χ3v) is 4.12. The largest absolute Gasteiger partial charge is 0.326 e. The molecule has 1 amide bonds. The molecular weight excluding hydrogens is 361 g/mol. The third-order valence-electron chi connectivity index (χ3n) is 3.68. The summed E-state index contributed by atoms with van der Waals surface area (Å²) in [5, 5.41) is 4.23. The van der Waals surface area contributed by atoms with E-state index >= 15 is 0 Å². The van der Waals surface area contributed by atoms with Crippen LogP contribution in [0.2, 0.25) is 10.0 Å². The number of fused-ring (bicyclic) bond motifs is 1. The summed E-state index contributed by atoms with van der Waals surface area (Å²) >= 11 is 11.8. The molecule has 0 aliphatic rings. The topological polar surface area (TPSA) is 64.0 Å². The molecule has 0 radical (unpaired) electrons. The third kappa shape index (κ3) is 4.38. The highest BCUT2D eigenvalue weighted by molar-refractivity contribution is 6.35. The summed E-state index contributed by atoms with van der Waals surface area (Å²) in [5.74, 6) is -0.167. The van der Waals surface area contributed by atoms with Crippen molar-refractivity contribution in [1.82, 2.24) is 9.55 Å². The zero-order chi connectivity index (χ0) is 17.8. The molecule has 7 heteroatoms. The molecule has 0 bridgehead atoms. The minimum atomic E-state index is -0.167. The molecular formula is C18H15Cl2N3O2. The van der Waals surface area contributed by atoms with E-state index in [1.807, 2.05) is 6.07 Å². The number of hydrogen-bond donors (Lipinski definition) is 1. The van der Waals surface area contributed by atoms with E-state index in [1.54, 1.807) is 36.4 Å². The number of carbonyl (C=O) groups is 1. The summed E-state index contributed by atoms with van der Waals surface area (Å²) in [6.45, 7) is 0.417. The van der Waals surface area contributed by atoms with Crippen molar-refractivity contribution >= 4 is 45.7 Å². The first-order chi connectivity index (χ1) is 12.0. The first-order valence-corrected chi connectivity index (χ1v) is 8.48. The van der Waals surface area contributed by atoms with Gasteiger partial charge in [0, 0.05) is 28.7 Å². The smallest absolute Gasteiger partial charge is 0.261 e. The SMILES string of the molecule is O=C(CCCn1cnc2ccccc2c1=O)Nc1cc(Cl)cc(Cl)c1. The normalized spacial score (nSPS) is 10.8. The lowest BCUT2D eigenvalue weighted by atomic mass is 10.2. The molecule has 1 N–H and O–H groups in total. The number of halogens is 2. The van der Waals surface area contributed by atoms with Gasteiger partial charge in [-0.3, -0.25) is 14.2 Å². The van der Waals surface area contributed by atoms with Crippen molar-refractivity contribution in [2.75, 3.05) is 5.32 Å². The van der Waals surface area contributed by atoms with Crippen molar-refractivity contribution in [3.63, 3.8) is 0 Å². The molecule has 0 saturated carbocycles. The summed E-state index contributed by atoms with van der Waals surface area (Å²) < 4.78 is 1.52. The zero-order valence-corrected chi connectivity index (χ0v) is 14.7. The van der Waals surface area contributed by atoms with Crippen LogP contribution in [0.1, 0.15) is 12.8 Å². The predicted molar refractivity (Wildman–Crippen MR) is 100 cm³/mol. The van der Waals surface area contributed by atoms with E-state index in [-0.39, 0.29) is 17.9 Å². The first kappa shape index (κ1) is 17.5. The van der Waals surface area contributed by atoms with Gasteiger partial charge in [-0.15, -0.1) is 0 Å². The van der Waals surface area contributed by atoms with E-state index in [1.165, 1.54) is 10.9 Å². The second-order valence-electron chi connectivity index (χ2n) is 5.57. The Labute approximate surface area is 154 Å². The molecule has 0 aliphatic carbocycles. The Balaban J connectivity index is 1.60. The Morgan fingerprint density at radius 3 is 2.60 bits per heavy atom. The molecule has 3 aromatic rings. The van der Waals surface area contributed by atoms with Crippen LogP contribution in [0.15, 0.2) is 53.6 Å². The van der Waals surface area contributed by atoms with Crippen molar-refractivity contribution in [2.45, 2.75) is 19.4 Å². The van der Waals surface area contributed by atoms with Crippen molar-refractivity contribution in [3.8, 4) is 0 Å². The maximum Gasteiger partial charge on any atom is 0.261 e. The fraction of sp³-hybridized carbons (Fsp3) is 0.167. The van der Waals surface area contributed by atoms with Crippen molar-refractivity contribution in [2.24, 2.45) is 0 Å². The number of anilines is 1. The fourth-order valence-electron chi connectivity index (χ4n) is 2.52. The summed E-state index contributed by atoms with van der Waals surface area (Å²) in [4.78, 5) is 28.6. The number of amides is 1. The number of para-hydroxylation sites is 1. The molecule has 0 saturated heterocycles. The molecule has 1 heterocycles. The van der Waals surface area contributed by atoms with Gasteiger partial charge in [0.2, 0.25) is 5.91 Å². The zero-order valence-electron chi connectivity index (χ0n) is 13.2. The highest BCUT2D eigenvalue weighted by atomic mass is 35.5. The Morgan fingerprint density at radius 1 is 1.12 bits per heavy atom. The van der Waals surface area contributed by atoms with Crippen molar-refractivity contribution in [3.05, 3.63) is 69.2 Å². The number of nitrogens with zero attached hydrogens (tertiary/aromatic N) is 2. The van der Waals surface area contributed by atoms with Gasteiger partial charge in [-0.2, -0.15) is 0 Å². The fourth-order valence-corrected chi connectivity index (χ4v) is 3.05. The highest BCUT2D eigenvalue weighted by Gasteiger charge is 2.07. The second-order valence-corrected chi connectivity index (χ2v) is 6.44. The molecule has 5 nitrogen and oxygen atoms in total. The average Bonchev–Trinajstić information content (AvgIpc) is 2.56. The molecule has 3 rings (SSSR count). The van der Waals surface area contributed by atoms with E-state index in [9.17, 15) is 9.59 Å². The van der Waals surface area contributed by atoms with Crippen LogP contribution in [0.3, 0.4) is 0 Å². The summed E-state index contributed by atoms with van der Waals surface area (Å²) in [7, 11) is 0. The van der Waals surface area contributed by atoms with Crippen LogP contribution in [-0.4, -0.2) is 15.5 Å². The molecule has 0 spiro atoms. The van der Waals surface area contributed by atoms with Crippen molar-refractivity contribution < 1.29 is 4.79 Å². The second kappa shape index (κ2) is 7.68. The predicted octanol–water partition coefficient (Wildman–Crippen LogP) is 4.12. The van der Waals surface area contributed by atoms with Crippen LogP contribution in [0, 0.1) is 0 Å². The van der Waals surface area contributed by atoms with Crippen LogP contribution < -0.4 is 10.9 Å². The minimum Gasteiger partial charge on any atom is -0.326 e. The Bertz CT molecular complexity index is 965. The van der Waals surface area contributed by atoms with Gasteiger partial charge in [0.15, 0.2) is 0 Å². The van der Waals surface area contributed by atoms with E-state index in [4.69, 9.17) is 23.2 Å². The minimum absolute atomic E-state index is 0.104. The Morgan fingerprint density at radius 2 is 1.84 bits per heavy atom. The van der Waals surface area contributed by atoms with Crippen LogP contribution >= 0.6 is 23.2 Å². The van der Waals surface area contributed by atoms with Crippen LogP contribution in [0.4, 0.5) is 5.69 Å². The highest BCUT2D eigenvalue weighted by Crippen LogP contribution is 2.22. The molecule has 1 aromatic heterocycles. The number of aryl methyl sites for hydroxylation is 1. The molecule has 0 atom stereocenters. The maximum absolute atomic E-state index is 12.4. The van der Waals surface area contributed by atoms with E-state index in [0.717, 1.165) is 0 Å². The number of nitrogens with one attached hydrogen (secondary N) is 1. The molecule has 0 unspecified atom stereocenters. The lowest BCUT2D eigenvalue weighted by molar-refractivity contribution is -0.116. The average molecular weight is 376 g/mol. The van der Waals surface area contributed by atoms with Gasteiger partial charge >= 0.3 is 0 Å². The number of carbonyl (C=O) groups excluding carboxylic acids is 1. The van der Waals surface area contributed by atoms with Gasteiger partial charge < -0.3 is 5.32 Å². The molecule has 25 heavy (non-hydrogen) atoms. The standard InChI is InChI=1S/C18H15Cl2N3O2/c19-12-8-13(20)10-14(9-12)22-17(24)6-3-7-23-11-21-16-5-2-1-4-15(16)18(23)25/h1-2,4-5,8-11H,3,6-7H2,(H,22,24). The van der Waals surface area contributed by atoms with Gasteiger partial charge in [-0.05, 0) is 36.8 Å². The van der Waals surface area contributed by atoms with E-state index in [2.05, 4.69) is 10.3 Å². The quantitative estimate of drug-likeness (QED) is 0.729. The van der Waals surface area contributed by atoms with Crippen LogP contribution in [0.25, 0.3) is 10.9 Å². The number of benzene rings is 2. The summed E-state index contributed by atoms with van der Waals surface area (Å²) in [6.07, 6.45) is 2.29. The number of hydrogen-bond acceptors (Lipinski definition) is 3. The van der Waals surface area contributed by atoms with Gasteiger partial charge in [-0.1, -0.05) is 35.3 Å². The van der Waals surface area contributed by atoms with E-state index < -0.39 is 0 Å². The Kier molecular flexibility index (Phi) is 5.36. The summed E-state index contributed by atoms with van der Waals surface area (Å²) in [6, 6.07) is 12.0. The molecule has 0 fully saturated rings. The van der Waals surface area contributed by atoms with Gasteiger partial charge in [-0.25, -0.2) is 4.98 Å². The van der Waals surface area contributed by atoms with Gasteiger partial charge in [0.1, 0.15) is 0 Å². The van der Waals surface area contributed by atoms with E-state index in [0.29, 0.717) is 39.6 Å². The monoisotopic (exact) mass is 375 g/mol. The Hall–Kier alpha value is -2.37. The lowest BCUT2D eigenvalue weighted by Crippen LogP contribution is -2.21. The number of aromatic nitrogens is 2. The lowest BCUT2D eigenvalue weighted by Gasteiger charge is -2.08. The van der Waals surface area contributed by atoms with Crippen molar-refractivity contribution in [1.29, 1.82) is 0 Å². The molecule has 128 valence electrons. The maximum atomic E-state index is 12.4. The van der Waals surface area contributed by atoms with Gasteiger partial charge in [0.25, 0.3) is 5.56 Å². The number of rotatable bonds is 5. The first-order valence-electron chi connectivity index (χ1n) is 7.73. The van der Waals surface area contributed by atoms with Crippen LogP contribution in [0.5, 0.6) is 0 Å². The molecule has 0 aliphatic heterocycles. The van der Waals surface area contributed by atoms with Gasteiger partial charge in [0.05, 0.1) is 17.2 Å².